The van der Waals surface area contributed by atoms with Crippen molar-refractivity contribution in [3.63, 3.8) is 0 Å². The van der Waals surface area contributed by atoms with E-state index in [0.29, 0.717) is 0 Å². The largest absolute Gasteiger partial charge is 0.481 e. The third kappa shape index (κ3) is 2.55. The lowest BCUT2D eigenvalue weighted by atomic mass is 9.78. The maximum atomic E-state index is 12.6. The van der Waals surface area contributed by atoms with Crippen molar-refractivity contribution in [1.29, 1.82) is 0 Å². The molecule has 112 valence electrons. The first-order chi connectivity index (χ1) is 10.1. The van der Waals surface area contributed by atoms with Gasteiger partial charge in [0.25, 0.3) is 0 Å². The molecule has 4 nitrogen and oxygen atoms in total. The van der Waals surface area contributed by atoms with Crippen LogP contribution in [-0.4, -0.2) is 23.2 Å². The predicted octanol–water partition coefficient (Wildman–Crippen LogP) is 3.09. The zero-order chi connectivity index (χ0) is 15.0. The molecule has 21 heavy (non-hydrogen) atoms. The van der Waals surface area contributed by atoms with Gasteiger partial charge in [0.1, 0.15) is 0 Å². The SMILES string of the molecule is CSc1ccccc1NC(=O)C1C2CCC(C2)C1C(=O)O. The Morgan fingerprint density at radius 2 is 1.86 bits per heavy atom. The van der Waals surface area contributed by atoms with E-state index in [4.69, 9.17) is 0 Å². The number of rotatable bonds is 4. The summed E-state index contributed by atoms with van der Waals surface area (Å²) < 4.78 is 0. The van der Waals surface area contributed by atoms with Gasteiger partial charge in [-0.05, 0) is 49.5 Å². The van der Waals surface area contributed by atoms with E-state index in [1.54, 1.807) is 11.8 Å². The van der Waals surface area contributed by atoms with Crippen LogP contribution in [0.1, 0.15) is 19.3 Å². The minimum atomic E-state index is -0.819. The van der Waals surface area contributed by atoms with Crippen molar-refractivity contribution in [2.45, 2.75) is 24.2 Å². The molecular formula is C16H19NO3S. The number of carboxylic acids is 1. The molecule has 1 amide bonds. The monoisotopic (exact) mass is 305 g/mol. The van der Waals surface area contributed by atoms with Crippen molar-refractivity contribution >= 4 is 29.3 Å². The van der Waals surface area contributed by atoms with Crippen LogP contribution in [0.3, 0.4) is 0 Å². The van der Waals surface area contributed by atoms with E-state index in [9.17, 15) is 14.7 Å². The number of anilines is 1. The van der Waals surface area contributed by atoms with Crippen molar-refractivity contribution in [3.8, 4) is 0 Å². The summed E-state index contributed by atoms with van der Waals surface area (Å²) in [6.45, 7) is 0. The van der Waals surface area contributed by atoms with E-state index >= 15 is 0 Å². The van der Waals surface area contributed by atoms with Crippen LogP contribution in [-0.2, 0) is 9.59 Å². The molecule has 2 saturated carbocycles. The molecule has 4 unspecified atom stereocenters. The minimum Gasteiger partial charge on any atom is -0.481 e. The number of carboxylic acid groups (broad SMARTS) is 1. The molecule has 5 heteroatoms. The highest BCUT2D eigenvalue weighted by Gasteiger charge is 2.54. The van der Waals surface area contributed by atoms with E-state index in [0.717, 1.165) is 29.8 Å². The molecule has 0 spiro atoms. The van der Waals surface area contributed by atoms with Crippen LogP contribution in [0.5, 0.6) is 0 Å². The van der Waals surface area contributed by atoms with Crippen LogP contribution in [0.25, 0.3) is 0 Å². The molecule has 0 saturated heterocycles. The van der Waals surface area contributed by atoms with Crippen LogP contribution in [0, 0.1) is 23.7 Å². The Kier molecular flexibility index (Phi) is 3.93. The average molecular weight is 305 g/mol. The first-order valence-electron chi connectivity index (χ1n) is 7.28. The van der Waals surface area contributed by atoms with Crippen LogP contribution in [0.2, 0.25) is 0 Å². The lowest BCUT2D eigenvalue weighted by molar-refractivity contribution is -0.148. The molecular weight excluding hydrogens is 286 g/mol. The lowest BCUT2D eigenvalue weighted by Gasteiger charge is -2.27. The quantitative estimate of drug-likeness (QED) is 0.839. The summed E-state index contributed by atoms with van der Waals surface area (Å²) in [4.78, 5) is 25.1. The van der Waals surface area contributed by atoms with Crippen LogP contribution in [0.15, 0.2) is 29.2 Å². The van der Waals surface area contributed by atoms with Crippen molar-refractivity contribution in [1.82, 2.24) is 0 Å². The second kappa shape index (κ2) is 5.72. The topological polar surface area (TPSA) is 66.4 Å². The second-order valence-corrected chi connectivity index (χ2v) is 6.76. The fourth-order valence-corrected chi connectivity index (χ4v) is 4.54. The molecule has 4 atom stereocenters. The molecule has 2 aliphatic rings. The maximum Gasteiger partial charge on any atom is 0.307 e. The summed E-state index contributed by atoms with van der Waals surface area (Å²) in [5, 5.41) is 12.4. The Hall–Kier alpha value is -1.49. The summed E-state index contributed by atoms with van der Waals surface area (Å²) in [6.07, 6.45) is 4.78. The molecule has 0 aliphatic heterocycles. The van der Waals surface area contributed by atoms with Crippen molar-refractivity contribution in [3.05, 3.63) is 24.3 Å². The van der Waals surface area contributed by atoms with E-state index in [-0.39, 0.29) is 23.7 Å². The highest BCUT2D eigenvalue weighted by Crippen LogP contribution is 2.52. The number of aliphatic carboxylic acids is 1. The molecule has 0 radical (unpaired) electrons. The third-order valence-electron chi connectivity index (χ3n) is 4.87. The van der Waals surface area contributed by atoms with Crippen molar-refractivity contribution in [2.24, 2.45) is 23.7 Å². The molecule has 1 aromatic rings. The zero-order valence-corrected chi connectivity index (χ0v) is 12.7. The van der Waals surface area contributed by atoms with E-state index in [1.165, 1.54) is 0 Å². The summed E-state index contributed by atoms with van der Waals surface area (Å²) >= 11 is 1.57. The van der Waals surface area contributed by atoms with Gasteiger partial charge in [0.15, 0.2) is 0 Å². The Morgan fingerprint density at radius 1 is 1.19 bits per heavy atom. The van der Waals surface area contributed by atoms with Crippen LogP contribution < -0.4 is 5.32 Å². The van der Waals surface area contributed by atoms with Gasteiger partial charge in [-0.15, -0.1) is 11.8 Å². The van der Waals surface area contributed by atoms with Gasteiger partial charge in [-0.25, -0.2) is 0 Å². The van der Waals surface area contributed by atoms with Crippen molar-refractivity contribution < 1.29 is 14.7 Å². The maximum absolute atomic E-state index is 12.6. The van der Waals surface area contributed by atoms with Crippen LogP contribution in [0.4, 0.5) is 5.69 Å². The first-order valence-corrected chi connectivity index (χ1v) is 8.51. The summed E-state index contributed by atoms with van der Waals surface area (Å²) in [5.41, 5.74) is 0.780. The Balaban J connectivity index is 1.80. The number of fused-ring (bicyclic) bond motifs is 2. The molecule has 0 aromatic heterocycles. The zero-order valence-electron chi connectivity index (χ0n) is 11.9. The summed E-state index contributed by atoms with van der Waals surface area (Å²) in [6, 6.07) is 7.63. The Morgan fingerprint density at radius 3 is 2.52 bits per heavy atom. The van der Waals surface area contributed by atoms with E-state index < -0.39 is 11.9 Å². The van der Waals surface area contributed by atoms with Crippen LogP contribution >= 0.6 is 11.8 Å². The number of benzene rings is 1. The third-order valence-corrected chi connectivity index (χ3v) is 5.66. The Labute approximate surface area is 128 Å². The van der Waals surface area contributed by atoms with Gasteiger partial charge < -0.3 is 10.4 Å². The number of nitrogens with one attached hydrogen (secondary N) is 1. The molecule has 2 aliphatic carbocycles. The van der Waals surface area contributed by atoms with Gasteiger partial charge in [0.05, 0.1) is 17.5 Å². The number of hydrogen-bond donors (Lipinski definition) is 2. The minimum absolute atomic E-state index is 0.129. The molecule has 0 heterocycles. The van der Waals surface area contributed by atoms with Gasteiger partial charge in [0, 0.05) is 4.90 Å². The highest BCUT2D eigenvalue weighted by molar-refractivity contribution is 7.98. The summed E-state index contributed by atoms with van der Waals surface area (Å²) in [5.74, 6) is -1.42. The van der Waals surface area contributed by atoms with Gasteiger partial charge in [-0.1, -0.05) is 12.1 Å². The fraction of sp³-hybridized carbons (Fsp3) is 0.500. The standard InChI is InChI=1S/C16H19NO3S/c1-21-12-5-3-2-4-11(12)17-15(18)13-9-6-7-10(8-9)14(13)16(19)20/h2-5,9-10,13-14H,6-8H2,1H3,(H,17,18)(H,19,20). The molecule has 3 rings (SSSR count). The predicted molar refractivity (Wildman–Crippen MR) is 82.3 cm³/mol. The van der Waals surface area contributed by atoms with E-state index in [1.807, 2.05) is 30.5 Å². The van der Waals surface area contributed by atoms with Gasteiger partial charge in [0.2, 0.25) is 5.91 Å². The smallest absolute Gasteiger partial charge is 0.307 e. The van der Waals surface area contributed by atoms with Gasteiger partial charge in [-0.2, -0.15) is 0 Å². The number of para-hydroxylation sites is 1. The van der Waals surface area contributed by atoms with Gasteiger partial charge >= 0.3 is 5.97 Å². The number of amides is 1. The lowest BCUT2D eigenvalue weighted by Crippen LogP contribution is -2.37. The fourth-order valence-electron chi connectivity index (χ4n) is 3.99. The number of carbonyl (C=O) groups is 2. The van der Waals surface area contributed by atoms with Gasteiger partial charge in [-0.3, -0.25) is 9.59 Å². The molecule has 2 bridgehead atoms. The number of carbonyl (C=O) groups excluding carboxylic acids is 1. The average Bonchev–Trinajstić information content (AvgIpc) is 3.08. The highest BCUT2D eigenvalue weighted by atomic mass is 32.2. The summed E-state index contributed by atoms with van der Waals surface area (Å²) in [7, 11) is 0. The van der Waals surface area contributed by atoms with E-state index in [2.05, 4.69) is 5.32 Å². The van der Waals surface area contributed by atoms with Crippen molar-refractivity contribution in [2.75, 3.05) is 11.6 Å². The molecule has 1 aromatic carbocycles. The Bertz CT molecular complexity index is 574. The second-order valence-electron chi connectivity index (χ2n) is 5.91. The number of hydrogen-bond acceptors (Lipinski definition) is 3. The number of thioether (sulfide) groups is 1. The molecule has 2 fully saturated rings. The molecule has 2 N–H and O–H groups in total. The first kappa shape index (κ1) is 14.4. The normalized spacial score (nSPS) is 30.3.